The third-order valence-corrected chi connectivity index (χ3v) is 7.47. The summed E-state index contributed by atoms with van der Waals surface area (Å²) in [6.45, 7) is 2.56. The van der Waals surface area contributed by atoms with E-state index in [1.165, 1.54) is 36.1 Å². The molecule has 1 fully saturated rings. The van der Waals surface area contributed by atoms with E-state index in [4.69, 9.17) is 4.74 Å². The van der Waals surface area contributed by atoms with Crippen LogP contribution < -0.4 is 44.4 Å². The summed E-state index contributed by atoms with van der Waals surface area (Å²) >= 11 is 1.14. The molecule has 0 aromatic carbocycles. The molecular formula is C22H22FN7NaO6PS. The summed E-state index contributed by atoms with van der Waals surface area (Å²) in [5, 5.41) is 13.0. The maximum atomic E-state index is 14.6. The molecule has 1 aliphatic rings. The molecule has 1 atom stereocenters. The Morgan fingerprint density at radius 1 is 1.33 bits per heavy atom. The normalized spacial score (nSPS) is 18.1. The number of carbonyl (C=O) groups is 1. The third kappa shape index (κ3) is 6.64. The second-order valence-corrected chi connectivity index (χ2v) is 10.5. The average molecular weight is 585 g/mol. The van der Waals surface area contributed by atoms with Crippen LogP contribution in [0.25, 0.3) is 22.0 Å². The standard InChI is InChI=1S/C22H23FN7O6PS.Na/c1-3-35-15-7-14(8-15)29-11-17(20(28-29)19-16(23)5-4-6-24-19)26-21(31)18-12-38-22(27-18)13-9-25-30(10-13)36-37(32,33)34-2;/h4-6,9-12,14-15H,3,7-8H2,1-2H3,(H,26,31)(H,32,33);/q;+1/p-1. The molecule has 13 nitrogen and oxygen atoms in total. The fourth-order valence-corrected chi connectivity index (χ4v) is 4.96. The van der Waals surface area contributed by atoms with Gasteiger partial charge in [0.15, 0.2) is 5.82 Å². The first-order valence-corrected chi connectivity index (χ1v) is 13.8. The van der Waals surface area contributed by atoms with Gasteiger partial charge in [-0.25, -0.2) is 9.37 Å². The SMILES string of the molecule is CCOC1CC(n2cc(NC(=O)c3csc(-c4cnn(OP(=O)([O-])OC)c4)n3)c(-c3ncccc3F)n2)C1.[Na+]. The third-order valence-electron chi connectivity index (χ3n) is 5.76. The molecule has 1 N–H and O–H groups in total. The minimum atomic E-state index is -4.54. The molecule has 4 aromatic heterocycles. The van der Waals surface area contributed by atoms with E-state index in [1.54, 1.807) is 10.9 Å². The molecule has 0 bridgehead atoms. The Hall–Kier alpha value is -2.49. The Bertz CT molecular complexity index is 1510. The number of nitrogens with zero attached hydrogens (tertiary/aromatic N) is 6. The van der Waals surface area contributed by atoms with Crippen molar-refractivity contribution in [3.8, 4) is 22.0 Å². The first kappa shape index (κ1) is 29.5. The van der Waals surface area contributed by atoms with Crippen LogP contribution in [-0.4, -0.2) is 55.4 Å². The molecule has 0 aliphatic heterocycles. The maximum absolute atomic E-state index is 14.6. The van der Waals surface area contributed by atoms with E-state index in [2.05, 4.69) is 34.6 Å². The maximum Gasteiger partial charge on any atom is 1.00 e. The van der Waals surface area contributed by atoms with Crippen LogP contribution in [0.2, 0.25) is 0 Å². The van der Waals surface area contributed by atoms with Crippen molar-refractivity contribution in [3.63, 3.8) is 0 Å². The molecule has 17 heteroatoms. The zero-order chi connectivity index (χ0) is 26.9. The second-order valence-electron chi connectivity index (χ2n) is 8.24. The van der Waals surface area contributed by atoms with Gasteiger partial charge < -0.3 is 24.1 Å². The smallest absolute Gasteiger partial charge is 0.745 e. The van der Waals surface area contributed by atoms with Crippen molar-refractivity contribution in [2.24, 2.45) is 0 Å². The van der Waals surface area contributed by atoms with Crippen molar-refractivity contribution in [3.05, 3.63) is 53.8 Å². The zero-order valence-electron chi connectivity index (χ0n) is 21.2. The molecule has 1 aliphatic carbocycles. The predicted octanol–water partition coefficient (Wildman–Crippen LogP) is -0.0561. The molecule has 0 saturated heterocycles. The van der Waals surface area contributed by atoms with Crippen LogP contribution in [-0.2, 0) is 13.8 Å². The first-order valence-electron chi connectivity index (χ1n) is 11.5. The predicted molar refractivity (Wildman–Crippen MR) is 132 cm³/mol. The van der Waals surface area contributed by atoms with Gasteiger partial charge in [-0.05, 0) is 31.9 Å². The molecule has 39 heavy (non-hydrogen) atoms. The summed E-state index contributed by atoms with van der Waals surface area (Å²) < 4.78 is 42.3. The Kier molecular flexibility index (Phi) is 9.34. The fraction of sp³-hybridized carbons (Fsp3) is 0.318. The molecule has 200 valence electrons. The van der Waals surface area contributed by atoms with Gasteiger partial charge >= 0.3 is 37.4 Å². The van der Waals surface area contributed by atoms with Gasteiger partial charge in [0.05, 0.1) is 35.8 Å². The Morgan fingerprint density at radius 3 is 2.85 bits per heavy atom. The molecular weight excluding hydrogens is 563 g/mol. The van der Waals surface area contributed by atoms with E-state index in [1.807, 2.05) is 6.92 Å². The Labute approximate surface area is 248 Å². The number of aromatic nitrogens is 6. The number of ether oxygens (including phenoxy) is 1. The van der Waals surface area contributed by atoms with Gasteiger partial charge in [-0.3, -0.25) is 19.0 Å². The molecule has 1 amide bonds. The van der Waals surface area contributed by atoms with E-state index in [-0.39, 0.29) is 64.5 Å². The number of carbonyl (C=O) groups excluding carboxylic acids is 1. The van der Waals surface area contributed by atoms with Gasteiger partial charge in [-0.1, -0.05) is 4.85 Å². The van der Waals surface area contributed by atoms with E-state index in [0.717, 1.165) is 31.3 Å². The van der Waals surface area contributed by atoms with Crippen LogP contribution in [0.5, 0.6) is 0 Å². The summed E-state index contributed by atoms with van der Waals surface area (Å²) in [6, 6.07) is 2.80. The summed E-state index contributed by atoms with van der Waals surface area (Å²) in [4.78, 5) is 33.7. The quantitative estimate of drug-likeness (QED) is 0.198. The van der Waals surface area contributed by atoms with Gasteiger partial charge in [0.1, 0.15) is 22.1 Å². The number of halogens is 1. The van der Waals surface area contributed by atoms with Gasteiger partial charge in [0.2, 0.25) is 0 Å². The van der Waals surface area contributed by atoms with Crippen molar-refractivity contribution < 1.29 is 62.1 Å². The number of hydrogen-bond acceptors (Lipinski definition) is 11. The van der Waals surface area contributed by atoms with Crippen LogP contribution in [0.3, 0.4) is 0 Å². The number of amides is 1. The van der Waals surface area contributed by atoms with E-state index in [9.17, 15) is 18.6 Å². The molecule has 5 rings (SSSR count). The number of rotatable bonds is 10. The molecule has 4 heterocycles. The summed E-state index contributed by atoms with van der Waals surface area (Å²) in [7, 11) is -3.58. The Balaban J connectivity index is 0.00000353. The van der Waals surface area contributed by atoms with Gasteiger partial charge in [0.25, 0.3) is 5.91 Å². The fourth-order valence-electron chi connectivity index (χ4n) is 3.82. The van der Waals surface area contributed by atoms with Crippen LogP contribution in [0.4, 0.5) is 10.1 Å². The minimum absolute atomic E-state index is 0. The Morgan fingerprint density at radius 2 is 2.13 bits per heavy atom. The average Bonchev–Trinajstić information content (AvgIpc) is 3.61. The topological polar surface area (TPSA) is 158 Å². The minimum Gasteiger partial charge on any atom is -0.745 e. The zero-order valence-corrected chi connectivity index (χ0v) is 24.9. The van der Waals surface area contributed by atoms with Crippen LogP contribution in [0, 0.1) is 5.82 Å². The van der Waals surface area contributed by atoms with Crippen molar-refractivity contribution in [2.45, 2.75) is 31.9 Å². The number of phosphoric ester groups is 1. The van der Waals surface area contributed by atoms with Crippen molar-refractivity contribution >= 4 is 30.8 Å². The van der Waals surface area contributed by atoms with E-state index >= 15 is 0 Å². The largest absolute Gasteiger partial charge is 1.00 e. The van der Waals surface area contributed by atoms with Crippen molar-refractivity contribution in [1.82, 2.24) is 29.7 Å². The summed E-state index contributed by atoms with van der Waals surface area (Å²) in [5.41, 5.74) is 1.01. The summed E-state index contributed by atoms with van der Waals surface area (Å²) in [6.07, 6.45) is 7.37. The number of hydrogen-bond donors (Lipinski definition) is 1. The molecule has 4 aromatic rings. The second kappa shape index (κ2) is 12.4. The molecule has 0 spiro atoms. The van der Waals surface area contributed by atoms with Crippen molar-refractivity contribution in [2.75, 3.05) is 19.0 Å². The number of anilines is 1. The van der Waals surface area contributed by atoms with Crippen LogP contribution in [0.15, 0.2) is 42.3 Å². The van der Waals surface area contributed by atoms with E-state index in [0.29, 0.717) is 22.0 Å². The monoisotopic (exact) mass is 585 g/mol. The molecule has 1 unspecified atom stereocenters. The first-order chi connectivity index (χ1) is 18.3. The van der Waals surface area contributed by atoms with E-state index < -0.39 is 19.5 Å². The van der Waals surface area contributed by atoms with Crippen LogP contribution in [0.1, 0.15) is 36.3 Å². The number of nitrogens with one attached hydrogen (secondary N) is 1. The molecule has 1 saturated carbocycles. The van der Waals surface area contributed by atoms with Gasteiger partial charge in [-0.15, -0.1) is 16.4 Å². The van der Waals surface area contributed by atoms with Gasteiger partial charge in [-0.2, -0.15) is 5.10 Å². The van der Waals surface area contributed by atoms with Crippen LogP contribution >= 0.6 is 19.2 Å². The van der Waals surface area contributed by atoms with Gasteiger partial charge in [0, 0.05) is 31.5 Å². The number of pyridine rings is 1. The molecule has 0 radical (unpaired) electrons. The number of phosphoric acid groups is 1. The summed E-state index contributed by atoms with van der Waals surface area (Å²) in [5.74, 6) is -1.11. The number of thiazole rings is 1. The van der Waals surface area contributed by atoms with Crippen molar-refractivity contribution in [1.29, 1.82) is 0 Å².